The van der Waals surface area contributed by atoms with Crippen LogP contribution in [0.2, 0.25) is 0 Å². The number of amides is 2. The molecule has 0 bridgehead atoms. The number of aryl methyl sites for hydroxylation is 1. The Morgan fingerprint density at radius 3 is 2.73 bits per heavy atom. The number of hydrogen-bond acceptors (Lipinski definition) is 10. The predicted octanol–water partition coefficient (Wildman–Crippen LogP) is 3.88. The Hall–Kier alpha value is -4.10. The number of rotatable bonds is 12. The first-order valence-electron chi connectivity index (χ1n) is 15.7. The number of nitrogens with one attached hydrogen (secondary N) is 1. The fraction of sp³-hybridized carbons (Fsp3) is 0.562. The Labute approximate surface area is 264 Å². The summed E-state index contributed by atoms with van der Waals surface area (Å²) >= 11 is 0. The number of aromatic nitrogens is 5. The lowest BCUT2D eigenvalue weighted by Crippen LogP contribution is -2.34. The van der Waals surface area contributed by atoms with Gasteiger partial charge in [0, 0.05) is 44.3 Å². The van der Waals surface area contributed by atoms with Gasteiger partial charge in [0.1, 0.15) is 29.3 Å². The largest absolute Gasteiger partial charge is 0.444 e. The zero-order chi connectivity index (χ0) is 32.1. The van der Waals surface area contributed by atoms with Crippen LogP contribution in [0.1, 0.15) is 69.1 Å². The van der Waals surface area contributed by atoms with Gasteiger partial charge < -0.3 is 24.3 Å². The molecule has 0 spiro atoms. The Bertz CT molecular complexity index is 1500. The van der Waals surface area contributed by atoms with Crippen LogP contribution in [0.5, 0.6) is 0 Å². The van der Waals surface area contributed by atoms with Crippen molar-refractivity contribution in [1.29, 1.82) is 0 Å². The number of carbonyl (C=O) groups excluding carboxylic acids is 2. The Kier molecular flexibility index (Phi) is 9.98. The number of likely N-dealkylation sites (N-methyl/N-ethyl adjacent to an activating group) is 1. The van der Waals surface area contributed by atoms with Gasteiger partial charge in [-0.1, -0.05) is 6.07 Å². The van der Waals surface area contributed by atoms with Crippen LogP contribution < -0.4 is 15.1 Å². The van der Waals surface area contributed by atoms with E-state index in [1.165, 1.54) is 0 Å². The molecule has 13 heteroatoms. The summed E-state index contributed by atoms with van der Waals surface area (Å²) in [4.78, 5) is 41.9. The first kappa shape index (κ1) is 32.3. The van der Waals surface area contributed by atoms with Gasteiger partial charge in [-0.3, -0.25) is 14.6 Å². The number of fused-ring (bicyclic) bond motifs is 1. The van der Waals surface area contributed by atoms with E-state index in [0.29, 0.717) is 68.3 Å². The molecule has 13 nitrogen and oxygen atoms in total. The lowest BCUT2D eigenvalue weighted by molar-refractivity contribution is 0.0492. The summed E-state index contributed by atoms with van der Waals surface area (Å²) in [5.41, 5.74) is 2.62. The molecule has 0 saturated carbocycles. The molecule has 0 unspecified atom stereocenters. The molecular formula is C32H45N9O4. The van der Waals surface area contributed by atoms with Gasteiger partial charge in [0.05, 0.1) is 31.0 Å². The minimum atomic E-state index is -0.537. The zero-order valence-electron chi connectivity index (χ0n) is 27.2. The summed E-state index contributed by atoms with van der Waals surface area (Å²) in [6.07, 6.45) is 3.44. The molecule has 2 aliphatic heterocycles. The molecule has 5 rings (SSSR count). The first-order chi connectivity index (χ1) is 21.5. The van der Waals surface area contributed by atoms with Crippen LogP contribution in [-0.4, -0.2) is 93.2 Å². The number of nitrogens with zero attached hydrogens (tertiary/aromatic N) is 8. The van der Waals surface area contributed by atoms with E-state index in [4.69, 9.17) is 19.4 Å². The summed E-state index contributed by atoms with van der Waals surface area (Å²) in [5.74, 6) is 2.01. The maximum Gasteiger partial charge on any atom is 0.407 e. The van der Waals surface area contributed by atoms with Gasteiger partial charge >= 0.3 is 6.09 Å². The number of anilines is 2. The third-order valence-electron chi connectivity index (χ3n) is 7.98. The molecular weight excluding hydrogens is 574 g/mol. The fourth-order valence-electron chi connectivity index (χ4n) is 5.67. The van der Waals surface area contributed by atoms with E-state index in [9.17, 15) is 9.59 Å². The van der Waals surface area contributed by atoms with Crippen LogP contribution in [0.15, 0.2) is 30.6 Å². The Morgan fingerprint density at radius 1 is 1.18 bits per heavy atom. The van der Waals surface area contributed by atoms with Crippen molar-refractivity contribution < 1.29 is 19.1 Å². The SMILES string of the molecule is CCn1cnnc1-c1cccc(N2Cc3c(cc(N4CCC[C@H]4C)nc3CN(C)CCOCCNC(=O)OC(C)(C)C)C2=O)n1. The molecule has 242 valence electrons. The second-order valence-electron chi connectivity index (χ2n) is 12.6. The molecule has 1 fully saturated rings. The van der Waals surface area contributed by atoms with Gasteiger partial charge in [-0.05, 0) is 72.7 Å². The summed E-state index contributed by atoms with van der Waals surface area (Å²) in [5, 5.41) is 11.0. The topological polar surface area (TPSA) is 131 Å². The molecule has 2 aliphatic rings. The first-order valence-corrected chi connectivity index (χ1v) is 15.7. The van der Waals surface area contributed by atoms with Crippen molar-refractivity contribution in [1.82, 2.24) is 34.9 Å². The van der Waals surface area contributed by atoms with Gasteiger partial charge in [-0.25, -0.2) is 14.8 Å². The van der Waals surface area contributed by atoms with E-state index in [0.717, 1.165) is 43.0 Å². The fourth-order valence-corrected chi connectivity index (χ4v) is 5.67. The molecule has 0 radical (unpaired) electrons. The highest BCUT2D eigenvalue weighted by Gasteiger charge is 2.35. The van der Waals surface area contributed by atoms with Gasteiger partial charge in [-0.15, -0.1) is 10.2 Å². The van der Waals surface area contributed by atoms with Crippen molar-refractivity contribution in [2.24, 2.45) is 0 Å². The Balaban J connectivity index is 1.28. The van der Waals surface area contributed by atoms with Crippen LogP contribution >= 0.6 is 0 Å². The lowest BCUT2D eigenvalue weighted by atomic mass is 10.1. The maximum atomic E-state index is 13.9. The van der Waals surface area contributed by atoms with Gasteiger partial charge in [0.25, 0.3) is 5.91 Å². The van der Waals surface area contributed by atoms with Crippen molar-refractivity contribution >= 4 is 23.6 Å². The molecule has 0 aromatic carbocycles. The minimum Gasteiger partial charge on any atom is -0.444 e. The van der Waals surface area contributed by atoms with E-state index in [1.54, 1.807) is 11.2 Å². The van der Waals surface area contributed by atoms with Crippen molar-refractivity contribution in [2.45, 2.75) is 78.7 Å². The highest BCUT2D eigenvalue weighted by Crippen LogP contribution is 2.34. The molecule has 3 aromatic rings. The van der Waals surface area contributed by atoms with Crippen LogP contribution in [0, 0.1) is 0 Å². The quantitative estimate of drug-likeness (QED) is 0.298. The summed E-state index contributed by atoms with van der Waals surface area (Å²) in [6, 6.07) is 7.97. The third kappa shape index (κ3) is 7.77. The summed E-state index contributed by atoms with van der Waals surface area (Å²) < 4.78 is 12.9. The molecule has 45 heavy (non-hydrogen) atoms. The van der Waals surface area contributed by atoms with Gasteiger partial charge in [-0.2, -0.15) is 0 Å². The molecule has 2 amide bonds. The highest BCUT2D eigenvalue weighted by atomic mass is 16.6. The number of hydrogen-bond donors (Lipinski definition) is 1. The third-order valence-corrected chi connectivity index (χ3v) is 7.98. The van der Waals surface area contributed by atoms with E-state index < -0.39 is 11.7 Å². The van der Waals surface area contributed by atoms with Gasteiger partial charge in [0.15, 0.2) is 5.82 Å². The molecule has 1 N–H and O–H groups in total. The van der Waals surface area contributed by atoms with Crippen LogP contribution in [0.25, 0.3) is 11.5 Å². The normalized spacial score (nSPS) is 16.5. The van der Waals surface area contributed by atoms with Crippen molar-refractivity contribution in [3.8, 4) is 11.5 Å². The van der Waals surface area contributed by atoms with Crippen molar-refractivity contribution in [2.75, 3.05) is 49.7 Å². The van der Waals surface area contributed by atoms with E-state index in [-0.39, 0.29) is 5.91 Å². The standard InChI is InChI=1S/C32H45N9O4/c1-7-39-21-34-37-29(39)25-11-8-12-27(35-25)41-19-24-23(30(41)42)18-28(40-14-9-10-22(40)2)36-26(24)20-38(6)15-17-44-16-13-33-31(43)45-32(3,4)5/h8,11-12,18,21-22H,7,9-10,13-17,19-20H2,1-6H3,(H,33,43)/t22-/m1/s1. The van der Waals surface area contributed by atoms with Crippen LogP contribution in [0.4, 0.5) is 16.4 Å². The molecule has 5 heterocycles. The lowest BCUT2D eigenvalue weighted by Gasteiger charge is -2.25. The molecule has 0 aliphatic carbocycles. The van der Waals surface area contributed by atoms with Gasteiger partial charge in [0.2, 0.25) is 0 Å². The number of ether oxygens (including phenoxy) is 2. The smallest absolute Gasteiger partial charge is 0.407 e. The average molecular weight is 620 g/mol. The number of alkyl carbamates (subject to hydrolysis) is 1. The highest BCUT2D eigenvalue weighted by molar-refractivity contribution is 6.10. The summed E-state index contributed by atoms with van der Waals surface area (Å²) in [6.45, 7) is 14.2. The monoisotopic (exact) mass is 619 g/mol. The zero-order valence-corrected chi connectivity index (χ0v) is 27.2. The number of carbonyl (C=O) groups is 2. The van der Waals surface area contributed by atoms with E-state index >= 15 is 0 Å². The van der Waals surface area contributed by atoms with E-state index in [2.05, 4.69) is 32.2 Å². The molecule has 3 aromatic heterocycles. The molecule has 1 atom stereocenters. The minimum absolute atomic E-state index is 0.0770. The summed E-state index contributed by atoms with van der Waals surface area (Å²) in [7, 11) is 2.02. The second kappa shape index (κ2) is 13.9. The van der Waals surface area contributed by atoms with E-state index in [1.807, 2.05) is 63.6 Å². The number of pyridine rings is 2. The second-order valence-corrected chi connectivity index (χ2v) is 12.6. The maximum absolute atomic E-state index is 13.9. The average Bonchev–Trinajstić information content (AvgIpc) is 3.73. The van der Waals surface area contributed by atoms with Crippen molar-refractivity contribution in [3.63, 3.8) is 0 Å². The van der Waals surface area contributed by atoms with Crippen LogP contribution in [-0.2, 0) is 29.1 Å². The van der Waals surface area contributed by atoms with Crippen LogP contribution in [0.3, 0.4) is 0 Å². The van der Waals surface area contributed by atoms with Crippen molar-refractivity contribution in [3.05, 3.63) is 47.4 Å². The Morgan fingerprint density at radius 2 is 2.00 bits per heavy atom. The predicted molar refractivity (Wildman–Crippen MR) is 171 cm³/mol. The molecule has 1 saturated heterocycles.